The summed E-state index contributed by atoms with van der Waals surface area (Å²) in [5.41, 5.74) is 1.84. The SMILES string of the molecule is Cc1cccc(OC(C)C(=O)Nc2cccc(Br)c2)c1. The second-order valence-corrected chi connectivity index (χ2v) is 5.49. The molecular formula is C16H16BrNO2. The monoisotopic (exact) mass is 333 g/mol. The lowest BCUT2D eigenvalue weighted by Crippen LogP contribution is -2.30. The molecule has 0 aliphatic carbocycles. The Hall–Kier alpha value is -1.81. The molecule has 2 aromatic carbocycles. The highest BCUT2D eigenvalue weighted by molar-refractivity contribution is 9.10. The number of benzene rings is 2. The van der Waals surface area contributed by atoms with E-state index in [9.17, 15) is 4.79 Å². The average Bonchev–Trinajstić information content (AvgIpc) is 2.38. The van der Waals surface area contributed by atoms with Gasteiger partial charge in [0, 0.05) is 10.2 Å². The Morgan fingerprint density at radius 3 is 2.65 bits per heavy atom. The maximum atomic E-state index is 12.1. The first-order valence-corrected chi connectivity index (χ1v) is 7.13. The molecule has 20 heavy (non-hydrogen) atoms. The van der Waals surface area contributed by atoms with Gasteiger partial charge in [-0.3, -0.25) is 4.79 Å². The van der Waals surface area contributed by atoms with Crippen molar-refractivity contribution in [1.29, 1.82) is 0 Å². The van der Waals surface area contributed by atoms with Crippen molar-refractivity contribution in [1.82, 2.24) is 0 Å². The average molecular weight is 334 g/mol. The number of carbonyl (C=O) groups is 1. The topological polar surface area (TPSA) is 38.3 Å². The van der Waals surface area contributed by atoms with Gasteiger partial charge in [-0.2, -0.15) is 0 Å². The molecule has 4 heteroatoms. The van der Waals surface area contributed by atoms with Crippen LogP contribution >= 0.6 is 15.9 Å². The van der Waals surface area contributed by atoms with Crippen molar-refractivity contribution in [2.24, 2.45) is 0 Å². The van der Waals surface area contributed by atoms with E-state index in [-0.39, 0.29) is 5.91 Å². The molecule has 0 fully saturated rings. The number of nitrogens with one attached hydrogen (secondary N) is 1. The van der Waals surface area contributed by atoms with Crippen molar-refractivity contribution < 1.29 is 9.53 Å². The molecule has 0 radical (unpaired) electrons. The summed E-state index contributed by atoms with van der Waals surface area (Å²) in [4.78, 5) is 12.1. The molecule has 0 aromatic heterocycles. The summed E-state index contributed by atoms with van der Waals surface area (Å²) in [5, 5.41) is 2.82. The fourth-order valence-corrected chi connectivity index (χ4v) is 2.16. The first-order valence-electron chi connectivity index (χ1n) is 6.34. The summed E-state index contributed by atoms with van der Waals surface area (Å²) >= 11 is 3.37. The molecule has 1 unspecified atom stereocenters. The summed E-state index contributed by atoms with van der Waals surface area (Å²) in [5.74, 6) is 0.520. The quantitative estimate of drug-likeness (QED) is 0.912. The maximum Gasteiger partial charge on any atom is 0.265 e. The van der Waals surface area contributed by atoms with Crippen molar-refractivity contribution in [2.75, 3.05) is 5.32 Å². The van der Waals surface area contributed by atoms with Gasteiger partial charge in [-0.25, -0.2) is 0 Å². The predicted molar refractivity (Wildman–Crippen MR) is 84.0 cm³/mol. The Morgan fingerprint density at radius 2 is 1.95 bits per heavy atom. The Labute approximate surface area is 127 Å². The van der Waals surface area contributed by atoms with Gasteiger partial charge in [0.15, 0.2) is 6.10 Å². The number of aryl methyl sites for hydroxylation is 1. The lowest BCUT2D eigenvalue weighted by molar-refractivity contribution is -0.122. The van der Waals surface area contributed by atoms with E-state index in [1.165, 1.54) is 0 Å². The highest BCUT2D eigenvalue weighted by Gasteiger charge is 2.14. The molecule has 0 aliphatic heterocycles. The predicted octanol–water partition coefficient (Wildman–Crippen LogP) is 4.16. The van der Waals surface area contributed by atoms with Gasteiger partial charge < -0.3 is 10.1 Å². The van der Waals surface area contributed by atoms with Crippen molar-refractivity contribution in [3.63, 3.8) is 0 Å². The zero-order valence-corrected chi connectivity index (χ0v) is 13.0. The Balaban J connectivity index is 1.98. The third-order valence-corrected chi connectivity index (χ3v) is 3.26. The first kappa shape index (κ1) is 14.6. The fraction of sp³-hybridized carbons (Fsp3) is 0.188. The summed E-state index contributed by atoms with van der Waals surface area (Å²) in [7, 11) is 0. The van der Waals surface area contributed by atoms with Gasteiger partial charge in [0.1, 0.15) is 5.75 Å². The van der Waals surface area contributed by atoms with Crippen molar-refractivity contribution in [3.05, 3.63) is 58.6 Å². The number of carbonyl (C=O) groups excluding carboxylic acids is 1. The van der Waals surface area contributed by atoms with Crippen molar-refractivity contribution >= 4 is 27.5 Å². The Kier molecular flexibility index (Phi) is 4.79. The van der Waals surface area contributed by atoms with Crippen LogP contribution in [0.3, 0.4) is 0 Å². The standard InChI is InChI=1S/C16H16BrNO2/c1-11-5-3-8-15(9-11)20-12(2)16(19)18-14-7-4-6-13(17)10-14/h3-10,12H,1-2H3,(H,18,19). The lowest BCUT2D eigenvalue weighted by Gasteiger charge is -2.15. The van der Waals surface area contributed by atoms with Gasteiger partial charge in [-0.05, 0) is 49.7 Å². The lowest BCUT2D eigenvalue weighted by atomic mass is 10.2. The molecule has 104 valence electrons. The minimum atomic E-state index is -0.559. The Morgan fingerprint density at radius 1 is 1.20 bits per heavy atom. The number of ether oxygens (including phenoxy) is 1. The maximum absolute atomic E-state index is 12.1. The highest BCUT2D eigenvalue weighted by Crippen LogP contribution is 2.17. The van der Waals surface area contributed by atoms with Crippen LogP contribution in [0, 0.1) is 6.92 Å². The number of rotatable bonds is 4. The second kappa shape index (κ2) is 6.57. The molecule has 1 N–H and O–H groups in total. The van der Waals surface area contributed by atoms with Gasteiger partial charge in [0.2, 0.25) is 0 Å². The Bertz CT molecular complexity index is 613. The highest BCUT2D eigenvalue weighted by atomic mass is 79.9. The van der Waals surface area contributed by atoms with Crippen LogP contribution in [0.5, 0.6) is 5.75 Å². The van der Waals surface area contributed by atoms with E-state index in [1.54, 1.807) is 6.92 Å². The molecular weight excluding hydrogens is 318 g/mol. The zero-order chi connectivity index (χ0) is 14.5. The zero-order valence-electron chi connectivity index (χ0n) is 11.4. The molecule has 0 saturated heterocycles. The van der Waals surface area contributed by atoms with E-state index < -0.39 is 6.10 Å². The second-order valence-electron chi connectivity index (χ2n) is 4.58. The van der Waals surface area contributed by atoms with Gasteiger partial charge in [0.05, 0.1) is 0 Å². The number of amides is 1. The fourth-order valence-electron chi connectivity index (χ4n) is 1.76. The van der Waals surface area contributed by atoms with Crippen LogP contribution in [0.25, 0.3) is 0 Å². The number of hydrogen-bond acceptors (Lipinski definition) is 2. The smallest absolute Gasteiger partial charge is 0.265 e. The van der Waals surface area contributed by atoms with E-state index in [0.717, 1.165) is 15.7 Å². The van der Waals surface area contributed by atoms with E-state index in [4.69, 9.17) is 4.74 Å². The van der Waals surface area contributed by atoms with Gasteiger partial charge >= 0.3 is 0 Å². The van der Waals surface area contributed by atoms with Crippen molar-refractivity contribution in [3.8, 4) is 5.75 Å². The molecule has 3 nitrogen and oxygen atoms in total. The van der Waals surface area contributed by atoms with Crippen LogP contribution in [-0.2, 0) is 4.79 Å². The van der Waals surface area contributed by atoms with Crippen LogP contribution in [0.15, 0.2) is 53.0 Å². The number of halogens is 1. The molecule has 2 rings (SSSR count). The minimum absolute atomic E-state index is 0.176. The molecule has 0 bridgehead atoms. The van der Waals surface area contributed by atoms with E-state index in [2.05, 4.69) is 21.2 Å². The molecule has 1 amide bonds. The van der Waals surface area contributed by atoms with Gasteiger partial charge in [0.25, 0.3) is 5.91 Å². The molecule has 2 aromatic rings. The summed E-state index contributed by atoms with van der Waals surface area (Å²) in [6, 6.07) is 15.1. The normalized spacial score (nSPS) is 11.8. The molecule has 0 spiro atoms. The summed E-state index contributed by atoms with van der Waals surface area (Å²) in [6.07, 6.45) is -0.559. The van der Waals surface area contributed by atoms with Crippen LogP contribution < -0.4 is 10.1 Å². The largest absolute Gasteiger partial charge is 0.481 e. The third-order valence-electron chi connectivity index (χ3n) is 2.76. The summed E-state index contributed by atoms with van der Waals surface area (Å²) in [6.45, 7) is 3.72. The molecule has 1 atom stereocenters. The van der Waals surface area contributed by atoms with Crippen molar-refractivity contribution in [2.45, 2.75) is 20.0 Å². The van der Waals surface area contributed by atoms with Crippen LogP contribution in [0.4, 0.5) is 5.69 Å². The molecule has 0 saturated carbocycles. The summed E-state index contributed by atoms with van der Waals surface area (Å²) < 4.78 is 6.55. The van der Waals surface area contributed by atoms with E-state index >= 15 is 0 Å². The van der Waals surface area contributed by atoms with Gasteiger partial charge in [-0.15, -0.1) is 0 Å². The van der Waals surface area contributed by atoms with Gasteiger partial charge in [-0.1, -0.05) is 34.1 Å². The third kappa shape index (κ3) is 4.10. The van der Waals surface area contributed by atoms with Crippen LogP contribution in [0.2, 0.25) is 0 Å². The number of anilines is 1. The number of hydrogen-bond donors (Lipinski definition) is 1. The minimum Gasteiger partial charge on any atom is -0.481 e. The van der Waals surface area contributed by atoms with Crippen LogP contribution in [0.1, 0.15) is 12.5 Å². The first-order chi connectivity index (χ1) is 9.54. The van der Waals surface area contributed by atoms with Crippen LogP contribution in [-0.4, -0.2) is 12.0 Å². The molecule has 0 aliphatic rings. The van der Waals surface area contributed by atoms with E-state index in [1.807, 2.05) is 55.5 Å². The van der Waals surface area contributed by atoms with E-state index in [0.29, 0.717) is 5.75 Å². The molecule has 0 heterocycles.